The minimum atomic E-state index is -4.68. The van der Waals surface area contributed by atoms with Crippen LogP contribution >= 0.6 is 0 Å². The highest BCUT2D eigenvalue weighted by atomic mass is 19.4. The molecule has 0 bridgehead atoms. The largest absolute Gasteiger partial charge is 0.496 e. The number of benzene rings is 4. The molecule has 7 rings (SSSR count). The van der Waals surface area contributed by atoms with E-state index in [9.17, 15) is 31.4 Å². The van der Waals surface area contributed by atoms with Crippen molar-refractivity contribution in [2.75, 3.05) is 33.3 Å². The third kappa shape index (κ3) is 7.78. The maximum absolute atomic E-state index is 14.4. The molecule has 0 aliphatic carbocycles. The van der Waals surface area contributed by atoms with Crippen LogP contribution < -0.4 is 4.74 Å². The first-order chi connectivity index (χ1) is 25.7. The van der Waals surface area contributed by atoms with Gasteiger partial charge in [-0.1, -0.05) is 42.5 Å². The number of alkyl halides is 6. The topological polar surface area (TPSA) is 62.0 Å². The molecule has 0 spiro atoms. The molecule has 54 heavy (non-hydrogen) atoms. The number of aliphatic hydroxyl groups excluding tert-OH is 1. The van der Waals surface area contributed by atoms with E-state index < -0.39 is 29.6 Å². The van der Waals surface area contributed by atoms with Crippen molar-refractivity contribution in [2.45, 2.75) is 64.7 Å². The van der Waals surface area contributed by atoms with Crippen LogP contribution in [0.4, 0.5) is 26.3 Å². The SMILES string of the molecule is COc1cc(/C=C/c2cccc(-c3cccc(-c4nc5cc(CN6CC[C@@H](O)C6)cc(C(F)(F)F)c5o4)c3C)c2C)c(C(F)(F)F)cc1CN1CCCC1. The van der Waals surface area contributed by atoms with Gasteiger partial charge < -0.3 is 14.3 Å². The molecule has 2 aliphatic heterocycles. The van der Waals surface area contributed by atoms with E-state index >= 15 is 0 Å². The molecule has 0 saturated carbocycles. The summed E-state index contributed by atoms with van der Waals surface area (Å²) in [5.74, 6) is 0.441. The average molecular weight is 750 g/mol. The van der Waals surface area contributed by atoms with Crippen molar-refractivity contribution in [1.82, 2.24) is 14.8 Å². The van der Waals surface area contributed by atoms with Gasteiger partial charge in [0.05, 0.1) is 18.8 Å². The van der Waals surface area contributed by atoms with E-state index in [4.69, 9.17) is 9.15 Å². The first-order valence-electron chi connectivity index (χ1n) is 18.0. The molecule has 1 N–H and O–H groups in total. The van der Waals surface area contributed by atoms with Crippen molar-refractivity contribution in [3.8, 4) is 28.3 Å². The van der Waals surface area contributed by atoms with Crippen LogP contribution in [0.1, 0.15) is 63.8 Å². The van der Waals surface area contributed by atoms with Gasteiger partial charge in [-0.15, -0.1) is 0 Å². The summed E-state index contributed by atoms with van der Waals surface area (Å²) in [6, 6.07) is 16.2. The van der Waals surface area contributed by atoms with Gasteiger partial charge in [0.1, 0.15) is 16.8 Å². The van der Waals surface area contributed by atoms with Crippen LogP contribution in [-0.2, 0) is 25.4 Å². The number of aliphatic hydroxyl groups is 1. The van der Waals surface area contributed by atoms with Crippen LogP contribution in [0, 0.1) is 13.8 Å². The maximum Gasteiger partial charge on any atom is 0.420 e. The van der Waals surface area contributed by atoms with E-state index in [2.05, 4.69) is 9.88 Å². The summed E-state index contributed by atoms with van der Waals surface area (Å²) in [5.41, 5.74) is 3.29. The lowest BCUT2D eigenvalue weighted by Gasteiger charge is -2.20. The number of rotatable bonds is 9. The Bertz CT molecular complexity index is 2200. The second-order valence-electron chi connectivity index (χ2n) is 14.2. The average Bonchev–Trinajstić information content (AvgIpc) is 3.89. The van der Waals surface area contributed by atoms with Crippen molar-refractivity contribution in [3.63, 3.8) is 0 Å². The van der Waals surface area contributed by atoms with Crippen LogP contribution in [0.5, 0.6) is 5.75 Å². The number of fused-ring (bicyclic) bond motifs is 1. The summed E-state index contributed by atoms with van der Waals surface area (Å²) >= 11 is 0. The summed E-state index contributed by atoms with van der Waals surface area (Å²) in [6.45, 7) is 6.99. The Balaban J connectivity index is 1.22. The molecule has 3 heterocycles. The van der Waals surface area contributed by atoms with Gasteiger partial charge in [-0.2, -0.15) is 26.3 Å². The number of methoxy groups -OCH3 is 1. The molecule has 1 aromatic heterocycles. The molecule has 2 saturated heterocycles. The van der Waals surface area contributed by atoms with Crippen LogP contribution in [0.15, 0.2) is 65.1 Å². The zero-order valence-electron chi connectivity index (χ0n) is 30.2. The number of likely N-dealkylation sites (tertiary alicyclic amines) is 2. The van der Waals surface area contributed by atoms with Crippen molar-refractivity contribution >= 4 is 23.3 Å². The molecule has 4 aromatic carbocycles. The third-order valence-corrected chi connectivity index (χ3v) is 10.5. The Morgan fingerprint density at radius 3 is 2.13 bits per heavy atom. The van der Waals surface area contributed by atoms with Gasteiger partial charge in [-0.3, -0.25) is 9.80 Å². The molecule has 0 amide bonds. The maximum atomic E-state index is 14.4. The van der Waals surface area contributed by atoms with Gasteiger partial charge in [-0.25, -0.2) is 4.98 Å². The lowest BCUT2D eigenvalue weighted by atomic mass is 9.91. The monoisotopic (exact) mass is 749 g/mol. The molecule has 12 heteroatoms. The van der Waals surface area contributed by atoms with E-state index in [1.807, 2.05) is 43.0 Å². The summed E-state index contributed by atoms with van der Waals surface area (Å²) in [5, 5.41) is 9.90. The minimum absolute atomic E-state index is 0.0112. The highest BCUT2D eigenvalue weighted by Gasteiger charge is 2.37. The number of halogens is 6. The van der Waals surface area contributed by atoms with E-state index in [-0.39, 0.29) is 29.1 Å². The van der Waals surface area contributed by atoms with Gasteiger partial charge in [0.25, 0.3) is 0 Å². The summed E-state index contributed by atoms with van der Waals surface area (Å²) in [4.78, 5) is 8.57. The molecular weight excluding hydrogens is 708 g/mol. The van der Waals surface area contributed by atoms with Crippen molar-refractivity contribution in [3.05, 3.63) is 105 Å². The predicted octanol–water partition coefficient (Wildman–Crippen LogP) is 10.2. The molecule has 2 fully saturated rings. The second kappa shape index (κ2) is 14.9. The summed E-state index contributed by atoms with van der Waals surface area (Å²) < 4.78 is 97.5. The number of nitrogens with zero attached hydrogens (tertiary/aromatic N) is 3. The normalized spacial score (nSPS) is 17.4. The Hall–Kier alpha value is -4.65. The molecule has 284 valence electrons. The van der Waals surface area contributed by atoms with E-state index in [0.717, 1.165) is 48.7 Å². The van der Waals surface area contributed by atoms with Crippen LogP contribution in [-0.4, -0.2) is 59.3 Å². The summed E-state index contributed by atoms with van der Waals surface area (Å²) in [6.07, 6.45) is -4.05. The molecule has 2 aliphatic rings. The smallest absolute Gasteiger partial charge is 0.420 e. The van der Waals surface area contributed by atoms with Gasteiger partial charge in [-0.05, 0) is 115 Å². The van der Waals surface area contributed by atoms with Crippen LogP contribution in [0.2, 0.25) is 0 Å². The van der Waals surface area contributed by atoms with E-state index in [1.54, 1.807) is 24.3 Å². The standard InChI is InChI=1S/C42H41F6N3O3/c1-25-28(12-13-29-21-38(53-3)30(20-35(29)41(43,44)45)23-50-15-4-5-16-50)8-6-9-32(25)33-10-7-11-34(26(33)2)40-49-37-19-27(22-51-17-14-31(52)24-51)18-36(39(37)54-40)42(46,47)48/h6-13,18-21,31,52H,4-5,14-17,22-24H2,1-3H3/b13-12+/t31-/m1/s1. The number of β-amino-alcohol motifs (C(OH)–C–C–N with tert-alkyl or cyclic N) is 1. The Kier molecular flexibility index (Phi) is 10.4. The fourth-order valence-corrected chi connectivity index (χ4v) is 7.71. The number of oxazole rings is 1. The lowest BCUT2D eigenvalue weighted by Crippen LogP contribution is -2.21. The molecular formula is C42H41F6N3O3. The van der Waals surface area contributed by atoms with Crippen molar-refractivity contribution < 1.29 is 40.6 Å². The van der Waals surface area contributed by atoms with Gasteiger partial charge >= 0.3 is 12.4 Å². The molecule has 5 aromatic rings. The number of ether oxygens (including phenoxy) is 1. The third-order valence-electron chi connectivity index (χ3n) is 10.5. The van der Waals surface area contributed by atoms with E-state index in [1.165, 1.54) is 25.3 Å². The van der Waals surface area contributed by atoms with Crippen LogP contribution in [0.25, 0.3) is 45.8 Å². The Morgan fingerprint density at radius 2 is 1.46 bits per heavy atom. The fourth-order valence-electron chi connectivity index (χ4n) is 7.71. The van der Waals surface area contributed by atoms with Gasteiger partial charge in [0.2, 0.25) is 5.89 Å². The first-order valence-corrected chi connectivity index (χ1v) is 18.0. The van der Waals surface area contributed by atoms with Crippen molar-refractivity contribution in [1.29, 1.82) is 0 Å². The number of aromatic nitrogens is 1. The molecule has 1 atom stereocenters. The van der Waals surface area contributed by atoms with Gasteiger partial charge in [0, 0.05) is 37.3 Å². The highest BCUT2D eigenvalue weighted by Crippen LogP contribution is 2.41. The van der Waals surface area contributed by atoms with Gasteiger partial charge in [0.15, 0.2) is 5.58 Å². The first kappa shape index (κ1) is 37.7. The Morgan fingerprint density at radius 1 is 0.796 bits per heavy atom. The quantitative estimate of drug-likeness (QED) is 0.120. The van der Waals surface area contributed by atoms with E-state index in [0.29, 0.717) is 59.6 Å². The minimum Gasteiger partial charge on any atom is -0.496 e. The zero-order chi connectivity index (χ0) is 38.4. The molecule has 6 nitrogen and oxygen atoms in total. The zero-order valence-corrected chi connectivity index (χ0v) is 30.2. The fraction of sp³-hybridized carbons (Fsp3) is 0.357. The molecule has 0 unspecified atom stereocenters. The predicted molar refractivity (Wildman–Crippen MR) is 197 cm³/mol. The van der Waals surface area contributed by atoms with Crippen molar-refractivity contribution in [2.24, 2.45) is 0 Å². The molecule has 0 radical (unpaired) electrons. The number of hydrogen-bond acceptors (Lipinski definition) is 6. The second-order valence-corrected chi connectivity index (χ2v) is 14.2. The lowest BCUT2D eigenvalue weighted by molar-refractivity contribution is -0.138. The number of hydrogen-bond donors (Lipinski definition) is 1. The highest BCUT2D eigenvalue weighted by molar-refractivity contribution is 5.85. The Labute approximate surface area is 309 Å². The summed E-state index contributed by atoms with van der Waals surface area (Å²) in [7, 11) is 1.46. The van der Waals surface area contributed by atoms with Crippen LogP contribution in [0.3, 0.4) is 0 Å².